The van der Waals surface area contributed by atoms with E-state index < -0.39 is 0 Å². The summed E-state index contributed by atoms with van der Waals surface area (Å²) in [6, 6.07) is 9.53. The molecular formula is C23H24N4O4. The number of aromatic nitrogens is 1. The third-order valence-corrected chi connectivity index (χ3v) is 5.70. The van der Waals surface area contributed by atoms with Gasteiger partial charge in [0.2, 0.25) is 0 Å². The van der Waals surface area contributed by atoms with Gasteiger partial charge in [-0.2, -0.15) is 0 Å². The summed E-state index contributed by atoms with van der Waals surface area (Å²) in [7, 11) is 0. The van der Waals surface area contributed by atoms with E-state index in [0.717, 1.165) is 0 Å². The van der Waals surface area contributed by atoms with E-state index in [-0.39, 0.29) is 41.3 Å². The molecule has 1 saturated heterocycles. The van der Waals surface area contributed by atoms with Crippen molar-refractivity contribution in [2.24, 2.45) is 0 Å². The summed E-state index contributed by atoms with van der Waals surface area (Å²) in [5, 5.41) is 2.98. The fourth-order valence-electron chi connectivity index (χ4n) is 4.02. The number of pyridine rings is 1. The maximum Gasteiger partial charge on any atom is 0.272 e. The minimum Gasteiger partial charge on any atom is -0.349 e. The van der Waals surface area contributed by atoms with Crippen molar-refractivity contribution >= 4 is 23.6 Å². The van der Waals surface area contributed by atoms with Gasteiger partial charge in [0.15, 0.2) is 0 Å². The maximum absolute atomic E-state index is 12.7. The molecule has 0 bridgehead atoms. The van der Waals surface area contributed by atoms with Crippen LogP contribution in [0.2, 0.25) is 0 Å². The van der Waals surface area contributed by atoms with Crippen LogP contribution in [0.5, 0.6) is 0 Å². The lowest BCUT2D eigenvalue weighted by Crippen LogP contribution is -2.46. The summed E-state index contributed by atoms with van der Waals surface area (Å²) in [6.07, 6.45) is 2.86. The molecule has 3 heterocycles. The van der Waals surface area contributed by atoms with E-state index >= 15 is 0 Å². The van der Waals surface area contributed by atoms with Crippen LogP contribution in [-0.2, 0) is 0 Å². The molecule has 0 radical (unpaired) electrons. The Hall–Kier alpha value is -3.55. The van der Waals surface area contributed by atoms with Crippen LogP contribution in [0.1, 0.15) is 68.3 Å². The van der Waals surface area contributed by atoms with Gasteiger partial charge in [-0.1, -0.05) is 6.07 Å². The first-order valence-electron chi connectivity index (χ1n) is 10.4. The van der Waals surface area contributed by atoms with Gasteiger partial charge in [-0.05, 0) is 57.0 Å². The normalized spacial score (nSPS) is 16.6. The van der Waals surface area contributed by atoms with Crippen LogP contribution < -0.4 is 5.32 Å². The number of piperidine rings is 1. The first kappa shape index (κ1) is 20.7. The smallest absolute Gasteiger partial charge is 0.272 e. The minimum atomic E-state index is -0.369. The molecule has 4 rings (SSSR count). The lowest BCUT2D eigenvalue weighted by Gasteiger charge is -2.32. The number of rotatable bonds is 4. The zero-order chi connectivity index (χ0) is 22.1. The first-order chi connectivity index (χ1) is 14.9. The Balaban J connectivity index is 1.38. The van der Waals surface area contributed by atoms with Crippen LogP contribution in [0.15, 0.2) is 42.6 Å². The molecular weight excluding hydrogens is 396 g/mol. The molecule has 160 valence electrons. The molecule has 1 N–H and O–H groups in total. The molecule has 4 amide bonds. The van der Waals surface area contributed by atoms with Gasteiger partial charge in [0.1, 0.15) is 5.69 Å². The quantitative estimate of drug-likeness (QED) is 0.764. The van der Waals surface area contributed by atoms with Gasteiger partial charge in [0, 0.05) is 36.9 Å². The Labute approximate surface area is 180 Å². The predicted molar refractivity (Wildman–Crippen MR) is 113 cm³/mol. The summed E-state index contributed by atoms with van der Waals surface area (Å²) in [6.45, 7) is 4.61. The average molecular weight is 420 g/mol. The molecule has 0 unspecified atom stereocenters. The highest BCUT2D eigenvalue weighted by Gasteiger charge is 2.37. The molecule has 31 heavy (non-hydrogen) atoms. The monoisotopic (exact) mass is 420 g/mol. The van der Waals surface area contributed by atoms with E-state index in [1.807, 2.05) is 0 Å². The van der Waals surface area contributed by atoms with Crippen LogP contribution in [0.25, 0.3) is 0 Å². The summed E-state index contributed by atoms with van der Waals surface area (Å²) >= 11 is 0. The van der Waals surface area contributed by atoms with E-state index in [4.69, 9.17) is 0 Å². The molecule has 0 atom stereocenters. The SMILES string of the molecule is CC(C)N1C(=O)c2ccc(C(=O)NC3CCN(C(=O)c4ccccn4)CC3)cc2C1=O. The van der Waals surface area contributed by atoms with Crippen molar-refractivity contribution in [3.8, 4) is 0 Å². The summed E-state index contributed by atoms with van der Waals surface area (Å²) in [5.74, 6) is -1.10. The second-order valence-electron chi connectivity index (χ2n) is 8.09. The predicted octanol–water partition coefficient (Wildman–Crippen LogP) is 2.12. The van der Waals surface area contributed by atoms with E-state index in [9.17, 15) is 19.2 Å². The molecule has 8 heteroatoms. The van der Waals surface area contributed by atoms with Gasteiger partial charge in [-0.3, -0.25) is 29.1 Å². The molecule has 1 fully saturated rings. The Bertz CT molecular complexity index is 1040. The fraction of sp³-hybridized carbons (Fsp3) is 0.348. The van der Waals surface area contributed by atoms with Gasteiger partial charge in [-0.15, -0.1) is 0 Å². The number of likely N-dealkylation sites (tertiary alicyclic amines) is 1. The molecule has 2 aliphatic heterocycles. The van der Waals surface area contributed by atoms with Crippen molar-refractivity contribution in [1.82, 2.24) is 20.1 Å². The maximum atomic E-state index is 12.7. The van der Waals surface area contributed by atoms with Crippen LogP contribution >= 0.6 is 0 Å². The highest BCUT2D eigenvalue weighted by atomic mass is 16.2. The van der Waals surface area contributed by atoms with Gasteiger partial charge in [0.25, 0.3) is 23.6 Å². The molecule has 8 nitrogen and oxygen atoms in total. The largest absolute Gasteiger partial charge is 0.349 e. The molecule has 0 spiro atoms. The number of fused-ring (bicyclic) bond motifs is 1. The summed E-state index contributed by atoms with van der Waals surface area (Å²) in [5.41, 5.74) is 1.36. The molecule has 2 aliphatic rings. The number of imide groups is 1. The average Bonchev–Trinajstić information content (AvgIpc) is 3.04. The Kier molecular flexibility index (Phi) is 5.54. The van der Waals surface area contributed by atoms with Crippen molar-refractivity contribution in [3.63, 3.8) is 0 Å². The van der Waals surface area contributed by atoms with Crippen LogP contribution in [-0.4, -0.2) is 63.6 Å². The highest BCUT2D eigenvalue weighted by molar-refractivity contribution is 6.22. The van der Waals surface area contributed by atoms with Gasteiger partial charge in [-0.25, -0.2) is 0 Å². The lowest BCUT2D eigenvalue weighted by molar-refractivity contribution is 0.0607. The molecule has 0 aliphatic carbocycles. The standard InChI is InChI=1S/C23H24N4O4/c1-14(2)27-21(29)17-7-6-15(13-18(17)22(27)30)20(28)25-16-8-11-26(12-9-16)23(31)19-5-3-4-10-24-19/h3-7,10,13-14,16H,8-9,11-12H2,1-2H3,(H,25,28). The van der Waals surface area contributed by atoms with Crippen molar-refractivity contribution in [2.45, 2.75) is 38.8 Å². The van der Waals surface area contributed by atoms with Crippen molar-refractivity contribution in [3.05, 3.63) is 65.0 Å². The molecule has 2 aromatic rings. The Morgan fingerprint density at radius 1 is 1.03 bits per heavy atom. The summed E-state index contributed by atoms with van der Waals surface area (Å²) < 4.78 is 0. The Morgan fingerprint density at radius 2 is 1.74 bits per heavy atom. The number of benzene rings is 1. The highest BCUT2D eigenvalue weighted by Crippen LogP contribution is 2.26. The lowest BCUT2D eigenvalue weighted by atomic mass is 10.0. The van der Waals surface area contributed by atoms with Gasteiger partial charge < -0.3 is 10.2 Å². The molecule has 1 aromatic carbocycles. The van der Waals surface area contributed by atoms with E-state index in [1.54, 1.807) is 55.3 Å². The number of carbonyl (C=O) groups excluding carboxylic acids is 4. The Morgan fingerprint density at radius 3 is 2.39 bits per heavy atom. The van der Waals surface area contributed by atoms with E-state index in [0.29, 0.717) is 42.8 Å². The number of hydrogen-bond acceptors (Lipinski definition) is 5. The van der Waals surface area contributed by atoms with E-state index in [1.165, 1.54) is 11.0 Å². The number of nitrogens with one attached hydrogen (secondary N) is 1. The first-order valence-corrected chi connectivity index (χ1v) is 10.4. The number of carbonyl (C=O) groups is 4. The van der Waals surface area contributed by atoms with Crippen molar-refractivity contribution in [1.29, 1.82) is 0 Å². The third-order valence-electron chi connectivity index (χ3n) is 5.70. The van der Waals surface area contributed by atoms with Crippen LogP contribution in [0.3, 0.4) is 0 Å². The van der Waals surface area contributed by atoms with E-state index in [2.05, 4.69) is 10.3 Å². The van der Waals surface area contributed by atoms with Gasteiger partial charge in [0.05, 0.1) is 11.1 Å². The van der Waals surface area contributed by atoms with Crippen molar-refractivity contribution in [2.75, 3.05) is 13.1 Å². The van der Waals surface area contributed by atoms with Gasteiger partial charge >= 0.3 is 0 Å². The number of hydrogen-bond donors (Lipinski definition) is 1. The fourth-order valence-corrected chi connectivity index (χ4v) is 4.02. The number of nitrogens with zero attached hydrogens (tertiary/aromatic N) is 3. The topological polar surface area (TPSA) is 99.7 Å². The summed E-state index contributed by atoms with van der Waals surface area (Å²) in [4.78, 5) is 57.3. The van der Waals surface area contributed by atoms with Crippen LogP contribution in [0.4, 0.5) is 0 Å². The second-order valence-corrected chi connectivity index (χ2v) is 8.09. The zero-order valence-electron chi connectivity index (χ0n) is 17.5. The molecule has 1 aromatic heterocycles. The third kappa shape index (κ3) is 3.93. The minimum absolute atomic E-state index is 0.0713. The molecule has 0 saturated carbocycles. The van der Waals surface area contributed by atoms with Crippen molar-refractivity contribution < 1.29 is 19.2 Å². The zero-order valence-corrected chi connectivity index (χ0v) is 17.5. The van der Waals surface area contributed by atoms with Crippen LogP contribution in [0, 0.1) is 0 Å². The second kappa shape index (κ2) is 8.29. The number of amides is 4.